The van der Waals surface area contributed by atoms with Crippen molar-refractivity contribution in [2.24, 2.45) is 0 Å². The Morgan fingerprint density at radius 1 is 1.20 bits per heavy atom. The molecule has 0 aliphatic heterocycles. The van der Waals surface area contributed by atoms with Crippen LogP contribution in [0.3, 0.4) is 0 Å². The van der Waals surface area contributed by atoms with Gasteiger partial charge in [-0.3, -0.25) is 4.72 Å². The van der Waals surface area contributed by atoms with Crippen LogP contribution in [0.4, 0.5) is 5.82 Å². The molecule has 20 heavy (non-hydrogen) atoms. The van der Waals surface area contributed by atoms with E-state index in [0.717, 1.165) is 6.20 Å². The normalized spacial score (nSPS) is 11.1. The van der Waals surface area contributed by atoms with Crippen LogP contribution in [-0.2, 0) is 10.0 Å². The van der Waals surface area contributed by atoms with Crippen molar-refractivity contribution in [3.63, 3.8) is 0 Å². The Labute approximate surface area is 123 Å². The Morgan fingerprint density at radius 3 is 2.45 bits per heavy atom. The molecule has 0 amide bonds. The average molecular weight is 357 g/mol. The first-order chi connectivity index (χ1) is 9.40. The van der Waals surface area contributed by atoms with Gasteiger partial charge in [-0.2, -0.15) is 0 Å². The van der Waals surface area contributed by atoms with Crippen molar-refractivity contribution in [2.45, 2.75) is 4.90 Å². The predicted molar refractivity (Wildman–Crippen MR) is 76.1 cm³/mol. The SMILES string of the molecule is O=C(O)c1ccc(NS(=O)(=O)c2ccccc2Br)nc1. The Bertz CT molecular complexity index is 744. The maximum atomic E-state index is 12.1. The average Bonchev–Trinajstić information content (AvgIpc) is 2.39. The minimum Gasteiger partial charge on any atom is -0.478 e. The van der Waals surface area contributed by atoms with Crippen molar-refractivity contribution in [1.29, 1.82) is 0 Å². The lowest BCUT2D eigenvalue weighted by molar-refractivity contribution is 0.0696. The van der Waals surface area contributed by atoms with Gasteiger partial charge in [-0.15, -0.1) is 0 Å². The van der Waals surface area contributed by atoms with Gasteiger partial charge in [-0.1, -0.05) is 12.1 Å². The zero-order chi connectivity index (χ0) is 14.8. The molecule has 1 aromatic heterocycles. The van der Waals surface area contributed by atoms with Crippen molar-refractivity contribution in [3.05, 3.63) is 52.6 Å². The van der Waals surface area contributed by atoms with Crippen LogP contribution in [0.2, 0.25) is 0 Å². The Kier molecular flexibility index (Phi) is 4.05. The fraction of sp³-hybridized carbons (Fsp3) is 0. The maximum Gasteiger partial charge on any atom is 0.337 e. The summed E-state index contributed by atoms with van der Waals surface area (Å²) in [5.74, 6) is -1.08. The van der Waals surface area contributed by atoms with E-state index in [2.05, 4.69) is 25.6 Å². The number of aromatic nitrogens is 1. The van der Waals surface area contributed by atoms with Crippen molar-refractivity contribution in [3.8, 4) is 0 Å². The third-order valence-electron chi connectivity index (χ3n) is 2.38. The molecule has 0 atom stereocenters. The molecule has 6 nitrogen and oxygen atoms in total. The highest BCUT2D eigenvalue weighted by atomic mass is 79.9. The molecule has 1 heterocycles. The van der Waals surface area contributed by atoms with Gasteiger partial charge in [-0.25, -0.2) is 18.2 Å². The largest absolute Gasteiger partial charge is 0.478 e. The fourth-order valence-electron chi connectivity index (χ4n) is 1.44. The topological polar surface area (TPSA) is 96.4 Å². The van der Waals surface area contributed by atoms with Crippen molar-refractivity contribution < 1.29 is 18.3 Å². The third-order valence-corrected chi connectivity index (χ3v) is 4.74. The van der Waals surface area contributed by atoms with E-state index in [1.54, 1.807) is 18.2 Å². The van der Waals surface area contributed by atoms with Gasteiger partial charge >= 0.3 is 5.97 Å². The molecule has 0 aliphatic carbocycles. The smallest absolute Gasteiger partial charge is 0.337 e. The molecular formula is C12H9BrN2O4S. The summed E-state index contributed by atoms with van der Waals surface area (Å²) in [6.07, 6.45) is 1.08. The van der Waals surface area contributed by atoms with Crippen LogP contribution in [-0.4, -0.2) is 24.5 Å². The first-order valence-corrected chi connectivity index (χ1v) is 7.64. The van der Waals surface area contributed by atoms with Crippen LogP contribution < -0.4 is 4.72 Å². The lowest BCUT2D eigenvalue weighted by atomic mass is 10.3. The summed E-state index contributed by atoms with van der Waals surface area (Å²) in [4.78, 5) is 14.5. The number of nitrogens with one attached hydrogen (secondary N) is 1. The van der Waals surface area contributed by atoms with Gasteiger partial charge in [0, 0.05) is 10.7 Å². The Morgan fingerprint density at radius 2 is 1.90 bits per heavy atom. The summed E-state index contributed by atoms with van der Waals surface area (Å²) >= 11 is 3.16. The molecular weight excluding hydrogens is 348 g/mol. The number of hydrogen-bond acceptors (Lipinski definition) is 4. The molecule has 0 radical (unpaired) electrons. The molecule has 0 unspecified atom stereocenters. The molecule has 1 aromatic carbocycles. The second-order valence-electron chi connectivity index (χ2n) is 3.77. The highest BCUT2D eigenvalue weighted by molar-refractivity contribution is 9.10. The van der Waals surface area contributed by atoms with Crippen molar-refractivity contribution in [1.82, 2.24) is 4.98 Å². The third kappa shape index (κ3) is 3.14. The van der Waals surface area contributed by atoms with Gasteiger partial charge in [0.15, 0.2) is 0 Å². The summed E-state index contributed by atoms with van der Waals surface area (Å²) in [6.45, 7) is 0. The zero-order valence-corrected chi connectivity index (χ0v) is 12.3. The standard InChI is InChI=1S/C12H9BrN2O4S/c13-9-3-1-2-4-10(9)20(18,19)15-11-6-5-8(7-14-11)12(16)17/h1-7H,(H,14,15)(H,16,17). The van der Waals surface area contributed by atoms with Crippen LogP contribution >= 0.6 is 15.9 Å². The molecule has 2 rings (SSSR count). The van der Waals surface area contributed by atoms with E-state index in [0.29, 0.717) is 4.47 Å². The second-order valence-corrected chi connectivity index (χ2v) is 6.28. The van der Waals surface area contributed by atoms with Crippen LogP contribution in [0.15, 0.2) is 52.0 Å². The lowest BCUT2D eigenvalue weighted by Crippen LogP contribution is -2.14. The second kappa shape index (κ2) is 5.59. The summed E-state index contributed by atoms with van der Waals surface area (Å²) in [6, 6.07) is 8.90. The van der Waals surface area contributed by atoms with E-state index < -0.39 is 16.0 Å². The van der Waals surface area contributed by atoms with Gasteiger partial charge in [0.25, 0.3) is 10.0 Å². The van der Waals surface area contributed by atoms with E-state index in [-0.39, 0.29) is 16.3 Å². The minimum atomic E-state index is -3.78. The molecule has 8 heteroatoms. The van der Waals surface area contributed by atoms with Gasteiger partial charge in [-0.05, 0) is 40.2 Å². The highest BCUT2D eigenvalue weighted by Gasteiger charge is 2.17. The molecule has 0 spiro atoms. The number of benzene rings is 1. The van der Waals surface area contributed by atoms with Gasteiger partial charge < -0.3 is 5.11 Å². The quantitative estimate of drug-likeness (QED) is 0.876. The number of carboxylic acid groups (broad SMARTS) is 1. The Hall–Kier alpha value is -1.93. The summed E-state index contributed by atoms with van der Waals surface area (Å²) in [5.41, 5.74) is -0.0196. The first kappa shape index (κ1) is 14.5. The highest BCUT2D eigenvalue weighted by Crippen LogP contribution is 2.23. The van der Waals surface area contributed by atoms with E-state index in [1.165, 1.54) is 18.2 Å². The van der Waals surface area contributed by atoms with Gasteiger partial charge in [0.05, 0.1) is 5.56 Å². The number of pyridine rings is 1. The van der Waals surface area contributed by atoms with Crippen LogP contribution in [0.5, 0.6) is 0 Å². The molecule has 0 fully saturated rings. The van der Waals surface area contributed by atoms with E-state index >= 15 is 0 Å². The number of halogens is 1. The van der Waals surface area contributed by atoms with Gasteiger partial charge in [0.2, 0.25) is 0 Å². The summed E-state index contributed by atoms with van der Waals surface area (Å²) in [7, 11) is -3.78. The molecule has 0 bridgehead atoms. The van der Waals surface area contributed by atoms with E-state index in [9.17, 15) is 13.2 Å². The molecule has 0 saturated heterocycles. The summed E-state index contributed by atoms with van der Waals surface area (Å²) < 4.78 is 27.0. The number of anilines is 1. The summed E-state index contributed by atoms with van der Waals surface area (Å²) in [5, 5.41) is 8.74. The number of nitrogens with zero attached hydrogens (tertiary/aromatic N) is 1. The number of hydrogen-bond donors (Lipinski definition) is 2. The van der Waals surface area contributed by atoms with E-state index in [1.807, 2.05) is 0 Å². The predicted octanol–water partition coefficient (Wildman–Crippen LogP) is 2.34. The van der Waals surface area contributed by atoms with Crippen LogP contribution in [0, 0.1) is 0 Å². The van der Waals surface area contributed by atoms with Crippen LogP contribution in [0.25, 0.3) is 0 Å². The van der Waals surface area contributed by atoms with Crippen LogP contribution in [0.1, 0.15) is 10.4 Å². The molecule has 0 saturated carbocycles. The van der Waals surface area contributed by atoms with E-state index in [4.69, 9.17) is 5.11 Å². The molecule has 0 aliphatic rings. The van der Waals surface area contributed by atoms with Crippen molar-refractivity contribution in [2.75, 3.05) is 4.72 Å². The molecule has 2 aromatic rings. The minimum absolute atomic E-state index is 0.0196. The first-order valence-electron chi connectivity index (χ1n) is 5.37. The van der Waals surface area contributed by atoms with Crippen molar-refractivity contribution >= 4 is 37.7 Å². The maximum absolute atomic E-state index is 12.1. The number of carbonyl (C=O) groups is 1. The number of rotatable bonds is 4. The molecule has 2 N–H and O–H groups in total. The molecule has 104 valence electrons. The fourth-order valence-corrected chi connectivity index (χ4v) is 3.45. The number of aromatic carboxylic acids is 1. The monoisotopic (exact) mass is 356 g/mol. The van der Waals surface area contributed by atoms with Gasteiger partial charge in [0.1, 0.15) is 10.7 Å². The lowest BCUT2D eigenvalue weighted by Gasteiger charge is -2.08. The number of sulfonamides is 1. The Balaban J connectivity index is 2.29. The number of carboxylic acids is 1. The zero-order valence-electron chi connectivity index (χ0n) is 9.95.